The summed E-state index contributed by atoms with van der Waals surface area (Å²) in [5.41, 5.74) is 5.52. The molecule has 0 atom stereocenters. The van der Waals surface area contributed by atoms with Gasteiger partial charge in [-0.25, -0.2) is 13.6 Å². The van der Waals surface area contributed by atoms with E-state index in [-0.39, 0.29) is 16.3 Å². The number of nitrogens with two attached hydrogens (primary N) is 1. The lowest BCUT2D eigenvalue weighted by Gasteiger charge is -2.15. The Labute approximate surface area is 219 Å². The van der Waals surface area contributed by atoms with Gasteiger partial charge < -0.3 is 9.88 Å². The van der Waals surface area contributed by atoms with E-state index >= 15 is 0 Å². The highest BCUT2D eigenvalue weighted by Gasteiger charge is 2.36. The highest BCUT2D eigenvalue weighted by atomic mass is 32.2. The lowest BCUT2D eigenvalue weighted by atomic mass is 10.1. The summed E-state index contributed by atoms with van der Waals surface area (Å²) in [6.07, 6.45) is 1.63. The second-order valence-electron chi connectivity index (χ2n) is 8.78. The summed E-state index contributed by atoms with van der Waals surface area (Å²) in [6.45, 7) is 7.09. The normalized spacial score (nSPS) is 15.1. The number of primary sulfonamides is 1. The van der Waals surface area contributed by atoms with Crippen molar-refractivity contribution in [1.82, 2.24) is 9.47 Å². The second-order valence-corrected chi connectivity index (χ2v) is 11.3. The van der Waals surface area contributed by atoms with Crippen LogP contribution in [-0.4, -0.2) is 41.5 Å². The zero-order valence-corrected chi connectivity index (χ0v) is 22.4. The maximum Gasteiger partial charge on any atom is 0.294 e. The van der Waals surface area contributed by atoms with Crippen molar-refractivity contribution in [1.29, 1.82) is 0 Å². The van der Waals surface area contributed by atoms with Gasteiger partial charge in [-0.15, -0.1) is 0 Å². The number of hydrogen-bond donors (Lipinski definition) is 2. The van der Waals surface area contributed by atoms with Gasteiger partial charge in [-0.05, 0) is 92.6 Å². The van der Waals surface area contributed by atoms with Crippen LogP contribution in [-0.2, 0) is 19.6 Å². The van der Waals surface area contributed by atoms with Gasteiger partial charge in [0, 0.05) is 22.8 Å². The standard InChI is InChI=1S/C26H26N4O5S2/c1-15-6-5-7-16(2)24(15)28-23(31)14-29-25(32)22(36-26(29)33)13-19-12-17(3)30(18(19)4)20-8-10-21(11-9-20)37(27,34)35/h5-13H,14H2,1-4H3,(H,28,31)(H2,27,34,35)/b22-13-. The molecule has 2 heterocycles. The van der Waals surface area contributed by atoms with Gasteiger partial charge >= 0.3 is 0 Å². The largest absolute Gasteiger partial charge is 0.324 e. The zero-order valence-electron chi connectivity index (χ0n) is 20.7. The van der Waals surface area contributed by atoms with Crippen LogP contribution in [0.25, 0.3) is 11.8 Å². The van der Waals surface area contributed by atoms with Crippen molar-refractivity contribution in [3.8, 4) is 5.69 Å². The third-order valence-electron chi connectivity index (χ3n) is 6.10. The first-order chi connectivity index (χ1) is 17.4. The van der Waals surface area contributed by atoms with Crippen molar-refractivity contribution in [3.05, 3.63) is 81.5 Å². The Balaban J connectivity index is 1.55. The lowest BCUT2D eigenvalue weighted by molar-refractivity contribution is -0.127. The number of thioether (sulfide) groups is 1. The van der Waals surface area contributed by atoms with Gasteiger partial charge in [0.25, 0.3) is 11.1 Å². The van der Waals surface area contributed by atoms with Gasteiger partial charge in [0.15, 0.2) is 0 Å². The van der Waals surface area contributed by atoms with E-state index in [1.165, 1.54) is 12.1 Å². The fourth-order valence-electron chi connectivity index (χ4n) is 4.23. The number of carbonyl (C=O) groups excluding carboxylic acids is 3. The lowest BCUT2D eigenvalue weighted by Crippen LogP contribution is -2.36. The molecule has 192 valence electrons. The van der Waals surface area contributed by atoms with Crippen LogP contribution >= 0.6 is 11.8 Å². The van der Waals surface area contributed by atoms with E-state index in [2.05, 4.69) is 5.32 Å². The number of rotatable bonds is 6. The fraction of sp³-hybridized carbons (Fsp3) is 0.192. The van der Waals surface area contributed by atoms with Gasteiger partial charge in [0.2, 0.25) is 15.9 Å². The highest BCUT2D eigenvalue weighted by Crippen LogP contribution is 2.34. The van der Waals surface area contributed by atoms with Gasteiger partial charge in [-0.1, -0.05) is 18.2 Å². The molecule has 2 aromatic carbocycles. The Morgan fingerprint density at radius 3 is 2.24 bits per heavy atom. The first kappa shape index (κ1) is 26.4. The average Bonchev–Trinajstić information content (AvgIpc) is 3.25. The van der Waals surface area contributed by atoms with Crippen molar-refractivity contribution in [2.45, 2.75) is 32.6 Å². The number of carbonyl (C=O) groups is 3. The monoisotopic (exact) mass is 538 g/mol. The van der Waals surface area contributed by atoms with Crippen LogP contribution in [0.5, 0.6) is 0 Å². The molecule has 37 heavy (non-hydrogen) atoms. The predicted molar refractivity (Wildman–Crippen MR) is 144 cm³/mol. The third-order valence-corrected chi connectivity index (χ3v) is 7.94. The van der Waals surface area contributed by atoms with Crippen molar-refractivity contribution < 1.29 is 22.8 Å². The molecule has 1 aromatic heterocycles. The molecule has 1 saturated heterocycles. The number of hydrogen-bond acceptors (Lipinski definition) is 6. The molecule has 0 unspecified atom stereocenters. The van der Waals surface area contributed by atoms with Crippen LogP contribution in [0.1, 0.15) is 28.1 Å². The molecule has 0 spiro atoms. The van der Waals surface area contributed by atoms with Crippen molar-refractivity contribution in [2.75, 3.05) is 11.9 Å². The molecule has 3 aromatic rings. The number of imide groups is 1. The summed E-state index contributed by atoms with van der Waals surface area (Å²) in [7, 11) is -3.80. The first-order valence-electron chi connectivity index (χ1n) is 11.3. The van der Waals surface area contributed by atoms with Crippen LogP contribution in [0, 0.1) is 27.7 Å². The Kier molecular flexibility index (Phi) is 7.13. The van der Waals surface area contributed by atoms with Crippen LogP contribution in [0.3, 0.4) is 0 Å². The van der Waals surface area contributed by atoms with Crippen LogP contribution in [0.2, 0.25) is 0 Å². The third kappa shape index (κ3) is 5.38. The van der Waals surface area contributed by atoms with Gasteiger partial charge in [-0.3, -0.25) is 19.3 Å². The zero-order chi connectivity index (χ0) is 27.1. The number of nitrogens with zero attached hydrogens (tertiary/aromatic N) is 2. The minimum Gasteiger partial charge on any atom is -0.324 e. The Morgan fingerprint density at radius 2 is 1.65 bits per heavy atom. The van der Waals surface area contributed by atoms with E-state index in [4.69, 9.17) is 5.14 Å². The molecule has 1 aliphatic rings. The van der Waals surface area contributed by atoms with Gasteiger partial charge in [0.1, 0.15) is 6.54 Å². The molecule has 1 fully saturated rings. The number of anilines is 1. The summed E-state index contributed by atoms with van der Waals surface area (Å²) >= 11 is 0.784. The van der Waals surface area contributed by atoms with Crippen LogP contribution in [0.15, 0.2) is 58.3 Å². The highest BCUT2D eigenvalue weighted by molar-refractivity contribution is 8.18. The molecule has 0 aliphatic carbocycles. The molecule has 0 radical (unpaired) electrons. The predicted octanol–water partition coefficient (Wildman–Crippen LogP) is 4.03. The molecule has 4 rings (SSSR count). The maximum absolute atomic E-state index is 13.0. The Hall–Kier alpha value is -3.67. The first-order valence-corrected chi connectivity index (χ1v) is 13.7. The van der Waals surface area contributed by atoms with E-state index in [0.717, 1.165) is 50.4 Å². The van der Waals surface area contributed by atoms with E-state index < -0.39 is 27.1 Å². The van der Waals surface area contributed by atoms with Crippen molar-refractivity contribution in [2.24, 2.45) is 5.14 Å². The van der Waals surface area contributed by atoms with Gasteiger partial charge in [-0.2, -0.15) is 0 Å². The topological polar surface area (TPSA) is 132 Å². The Bertz CT molecular complexity index is 1550. The minimum atomic E-state index is -3.80. The summed E-state index contributed by atoms with van der Waals surface area (Å²) < 4.78 is 25.0. The number of para-hydroxylation sites is 1. The number of sulfonamides is 1. The Morgan fingerprint density at radius 1 is 1.03 bits per heavy atom. The number of aryl methyl sites for hydroxylation is 3. The number of nitrogens with one attached hydrogen (secondary N) is 1. The summed E-state index contributed by atoms with van der Waals surface area (Å²) in [5, 5.41) is 7.47. The minimum absolute atomic E-state index is 0.00855. The maximum atomic E-state index is 13.0. The molecular formula is C26H26N4O5S2. The summed E-state index contributed by atoms with van der Waals surface area (Å²) in [6, 6.07) is 13.6. The molecule has 0 bridgehead atoms. The van der Waals surface area contributed by atoms with E-state index in [1.807, 2.05) is 56.5 Å². The molecule has 9 nitrogen and oxygen atoms in total. The molecule has 1 aliphatic heterocycles. The summed E-state index contributed by atoms with van der Waals surface area (Å²) in [4.78, 5) is 39.4. The van der Waals surface area contributed by atoms with Crippen LogP contribution in [0.4, 0.5) is 10.5 Å². The van der Waals surface area contributed by atoms with E-state index in [1.54, 1.807) is 18.2 Å². The average molecular weight is 539 g/mol. The smallest absolute Gasteiger partial charge is 0.294 e. The van der Waals surface area contributed by atoms with Gasteiger partial charge in [0.05, 0.1) is 9.80 Å². The molecule has 3 amide bonds. The van der Waals surface area contributed by atoms with E-state index in [9.17, 15) is 22.8 Å². The number of aromatic nitrogens is 1. The molecular weight excluding hydrogens is 512 g/mol. The quantitative estimate of drug-likeness (QED) is 0.456. The molecule has 3 N–H and O–H groups in total. The number of amides is 3. The molecule has 11 heteroatoms. The molecule has 0 saturated carbocycles. The SMILES string of the molecule is Cc1cccc(C)c1NC(=O)CN1C(=O)S/C(=C\c2cc(C)n(-c3ccc(S(N)(=O)=O)cc3)c2C)C1=O. The fourth-order valence-corrected chi connectivity index (χ4v) is 5.57. The summed E-state index contributed by atoms with van der Waals surface area (Å²) in [5.74, 6) is -0.990. The van der Waals surface area contributed by atoms with E-state index in [0.29, 0.717) is 5.69 Å². The second kappa shape index (κ2) is 10.0. The van der Waals surface area contributed by atoms with Crippen LogP contribution < -0.4 is 10.5 Å². The van der Waals surface area contributed by atoms with Crippen molar-refractivity contribution >= 4 is 50.6 Å². The van der Waals surface area contributed by atoms with Crippen molar-refractivity contribution in [3.63, 3.8) is 0 Å². The number of benzene rings is 2.